The Bertz CT molecular complexity index is 1310. The zero-order valence-electron chi connectivity index (χ0n) is 23.1. The average molecular weight is 554 g/mol. The fourth-order valence-corrected chi connectivity index (χ4v) is 4.70. The maximum atomic E-state index is 12.9. The molecule has 39 heavy (non-hydrogen) atoms. The van der Waals surface area contributed by atoms with E-state index in [1.807, 2.05) is 12.1 Å². The van der Waals surface area contributed by atoms with Gasteiger partial charge in [-0.15, -0.1) is 10.2 Å². The van der Waals surface area contributed by atoms with Gasteiger partial charge in [0.1, 0.15) is 19.2 Å². The highest BCUT2D eigenvalue weighted by Crippen LogP contribution is 2.37. The van der Waals surface area contributed by atoms with E-state index in [0.717, 1.165) is 20.8 Å². The van der Waals surface area contributed by atoms with Crippen LogP contribution in [-0.2, 0) is 38.3 Å². The molecule has 1 unspecified atom stereocenters. The molecule has 0 aliphatic heterocycles. The minimum atomic E-state index is -1.31. The summed E-state index contributed by atoms with van der Waals surface area (Å²) in [6.45, 7) is 12.6. The summed E-state index contributed by atoms with van der Waals surface area (Å²) < 4.78 is 5.13. The number of benzene rings is 2. The van der Waals surface area contributed by atoms with Crippen LogP contribution in [0.4, 0.5) is 4.79 Å². The first kappa shape index (κ1) is 29.8. The van der Waals surface area contributed by atoms with Gasteiger partial charge in [-0.2, -0.15) is 4.80 Å². The lowest BCUT2D eigenvalue weighted by atomic mass is 9.81. The minimum Gasteiger partial charge on any atom is -0.481 e. The van der Waals surface area contributed by atoms with Crippen LogP contribution in [0.15, 0.2) is 58.6 Å². The second kappa shape index (κ2) is 12.4. The number of ketones is 1. The Balaban J connectivity index is 1.68. The number of aliphatic carboxylic acids is 1. The quantitative estimate of drug-likeness (QED) is 0.364. The van der Waals surface area contributed by atoms with Crippen molar-refractivity contribution in [2.75, 3.05) is 0 Å². The van der Waals surface area contributed by atoms with Gasteiger partial charge in [0.15, 0.2) is 5.78 Å². The number of nitrogens with zero attached hydrogens (tertiary/aromatic N) is 4. The number of nitrogens with one attached hydrogen (secondary N) is 1. The highest BCUT2D eigenvalue weighted by Gasteiger charge is 2.26. The lowest BCUT2D eigenvalue weighted by Crippen LogP contribution is -2.44. The zero-order valence-corrected chi connectivity index (χ0v) is 23.9. The van der Waals surface area contributed by atoms with Gasteiger partial charge in [-0.1, -0.05) is 84.0 Å². The average Bonchev–Trinajstić information content (AvgIpc) is 3.28. The Morgan fingerprint density at radius 1 is 1.03 bits per heavy atom. The van der Waals surface area contributed by atoms with Crippen molar-refractivity contribution in [3.63, 3.8) is 0 Å². The monoisotopic (exact) mass is 553 g/mol. The number of hydrogen-bond acceptors (Lipinski definition) is 8. The normalized spacial score (nSPS) is 12.6. The van der Waals surface area contributed by atoms with Crippen molar-refractivity contribution in [2.24, 2.45) is 0 Å². The Hall–Kier alpha value is -3.73. The van der Waals surface area contributed by atoms with Crippen molar-refractivity contribution in [3.05, 3.63) is 65.2 Å². The molecule has 0 spiro atoms. The molecule has 2 N–H and O–H groups in total. The number of tetrazole rings is 1. The maximum absolute atomic E-state index is 12.9. The van der Waals surface area contributed by atoms with E-state index in [1.165, 1.54) is 17.3 Å². The zero-order chi connectivity index (χ0) is 28.8. The van der Waals surface area contributed by atoms with E-state index in [9.17, 15) is 19.5 Å². The lowest BCUT2D eigenvalue weighted by Gasteiger charge is -2.26. The number of carboxylic acids is 1. The van der Waals surface area contributed by atoms with Gasteiger partial charge in [0.25, 0.3) is 0 Å². The largest absolute Gasteiger partial charge is 0.481 e. The minimum absolute atomic E-state index is 0.000556. The Labute approximate surface area is 232 Å². The fraction of sp³-hybridized carbons (Fsp3) is 0.429. The smallest absolute Gasteiger partial charge is 0.408 e. The molecule has 0 bridgehead atoms. The second-order valence-corrected chi connectivity index (χ2v) is 12.2. The van der Waals surface area contributed by atoms with Crippen LogP contribution in [0, 0.1) is 0 Å². The summed E-state index contributed by atoms with van der Waals surface area (Å²) in [6, 6.07) is 14.0. The van der Waals surface area contributed by atoms with Crippen molar-refractivity contribution < 1.29 is 24.2 Å². The number of aromatic nitrogens is 4. The molecule has 2 aromatic carbocycles. The van der Waals surface area contributed by atoms with E-state index in [4.69, 9.17) is 4.74 Å². The molecular weight excluding hydrogens is 518 g/mol. The molecule has 0 fully saturated rings. The highest BCUT2D eigenvalue weighted by molar-refractivity contribution is 7.99. The topological polar surface area (TPSA) is 136 Å². The summed E-state index contributed by atoms with van der Waals surface area (Å²) in [5, 5.41) is 24.3. The van der Waals surface area contributed by atoms with Crippen molar-refractivity contribution in [2.45, 2.75) is 88.0 Å². The Morgan fingerprint density at radius 3 is 2.33 bits per heavy atom. The van der Waals surface area contributed by atoms with Gasteiger partial charge < -0.3 is 15.2 Å². The van der Waals surface area contributed by atoms with Gasteiger partial charge in [0.2, 0.25) is 5.16 Å². The number of hydrogen-bond donors (Lipinski definition) is 2. The summed E-state index contributed by atoms with van der Waals surface area (Å²) in [7, 11) is 0. The maximum Gasteiger partial charge on any atom is 0.408 e. The predicted molar refractivity (Wildman–Crippen MR) is 147 cm³/mol. The van der Waals surface area contributed by atoms with Crippen molar-refractivity contribution in [3.8, 4) is 0 Å². The highest BCUT2D eigenvalue weighted by atomic mass is 32.2. The first-order chi connectivity index (χ1) is 18.2. The van der Waals surface area contributed by atoms with Crippen molar-refractivity contribution >= 4 is 29.6 Å². The van der Waals surface area contributed by atoms with E-state index < -0.39 is 30.3 Å². The molecule has 1 heterocycles. The molecule has 0 saturated carbocycles. The summed E-state index contributed by atoms with van der Waals surface area (Å²) >= 11 is 1.34. The summed E-state index contributed by atoms with van der Waals surface area (Å²) in [4.78, 5) is 38.5. The molecule has 3 aromatic rings. The van der Waals surface area contributed by atoms with Gasteiger partial charge in [-0.3, -0.25) is 9.59 Å². The summed E-state index contributed by atoms with van der Waals surface area (Å²) in [5.41, 5.74) is 3.00. The van der Waals surface area contributed by atoms with Gasteiger partial charge in [-0.25, -0.2) is 4.79 Å². The third-order valence-electron chi connectivity index (χ3n) is 5.86. The summed E-state index contributed by atoms with van der Waals surface area (Å²) in [5.74, 6) is -1.83. The molecule has 3 rings (SSSR count). The first-order valence-electron chi connectivity index (χ1n) is 12.5. The molecule has 1 amide bonds. The SMILES string of the molecule is CC(C)(C)c1ccc(Sc2nnn(CC(=O)C(CC(=O)O)NC(=O)OCc3ccccc3)n2)c(C(C)(C)C)c1. The number of Topliss-reactive ketones (excluding diaryl/α,β-unsaturated/α-hetero) is 1. The van der Waals surface area contributed by atoms with Crippen LogP contribution in [0.2, 0.25) is 0 Å². The van der Waals surface area contributed by atoms with E-state index >= 15 is 0 Å². The molecule has 10 nitrogen and oxygen atoms in total. The number of carbonyl (C=O) groups excluding carboxylic acids is 2. The van der Waals surface area contributed by atoms with Crippen molar-refractivity contribution in [1.82, 2.24) is 25.5 Å². The molecule has 0 radical (unpaired) electrons. The van der Waals surface area contributed by atoms with Crippen LogP contribution in [-0.4, -0.2) is 49.2 Å². The number of carboxylic acid groups (broad SMARTS) is 1. The molecule has 0 aliphatic rings. The van der Waals surface area contributed by atoms with E-state index in [2.05, 4.69) is 74.4 Å². The summed E-state index contributed by atoms with van der Waals surface area (Å²) in [6.07, 6.45) is -1.50. The van der Waals surface area contributed by atoms with E-state index in [-0.39, 0.29) is 24.0 Å². The van der Waals surface area contributed by atoms with Gasteiger partial charge in [0, 0.05) is 4.90 Å². The number of ether oxygens (including phenoxy) is 1. The first-order valence-corrected chi connectivity index (χ1v) is 13.4. The standard InChI is InChI=1S/C28H35N5O5S/c1-27(2,3)19-12-13-23(20(14-19)28(4,5)6)39-25-30-32-33(31-25)16-22(34)21(15-24(35)36)29-26(37)38-17-18-10-8-7-9-11-18/h7-14,21H,15-17H2,1-6H3,(H,29,37)(H,35,36). The van der Waals surface area contributed by atoms with Crippen molar-refractivity contribution in [1.29, 1.82) is 0 Å². The third-order valence-corrected chi connectivity index (χ3v) is 6.78. The molecular formula is C28H35N5O5S. The molecule has 1 aromatic heterocycles. The van der Waals surface area contributed by atoms with Crippen LogP contribution >= 0.6 is 11.8 Å². The number of amides is 1. The van der Waals surface area contributed by atoms with E-state index in [0.29, 0.717) is 5.16 Å². The molecule has 208 valence electrons. The van der Waals surface area contributed by atoms with Crippen LogP contribution in [0.25, 0.3) is 0 Å². The number of alkyl carbamates (subject to hydrolysis) is 1. The third kappa shape index (κ3) is 8.91. The van der Waals surface area contributed by atoms with Crippen LogP contribution in [0.1, 0.15) is 64.7 Å². The Kier molecular flexibility index (Phi) is 9.49. The molecule has 0 aliphatic carbocycles. The van der Waals surface area contributed by atoms with Gasteiger partial charge >= 0.3 is 12.1 Å². The molecule has 1 atom stereocenters. The van der Waals surface area contributed by atoms with Gasteiger partial charge in [0.05, 0.1) is 6.42 Å². The van der Waals surface area contributed by atoms with E-state index in [1.54, 1.807) is 24.3 Å². The predicted octanol–water partition coefficient (Wildman–Crippen LogP) is 4.76. The molecule has 11 heteroatoms. The van der Waals surface area contributed by atoms with Crippen LogP contribution < -0.4 is 5.32 Å². The fourth-order valence-electron chi connectivity index (χ4n) is 3.68. The van der Waals surface area contributed by atoms with Crippen LogP contribution in [0.5, 0.6) is 0 Å². The lowest BCUT2D eigenvalue weighted by molar-refractivity contribution is -0.139. The Morgan fingerprint density at radius 2 is 1.72 bits per heavy atom. The second-order valence-electron chi connectivity index (χ2n) is 11.2. The van der Waals surface area contributed by atoms with Crippen LogP contribution in [0.3, 0.4) is 0 Å². The van der Waals surface area contributed by atoms with Gasteiger partial charge in [-0.05, 0) is 50.6 Å². The molecule has 0 saturated heterocycles. The number of rotatable bonds is 10. The number of carbonyl (C=O) groups is 3.